The van der Waals surface area contributed by atoms with E-state index in [1.807, 2.05) is 10.9 Å². The molecule has 0 saturated carbocycles. The van der Waals surface area contributed by atoms with Gasteiger partial charge in [0.25, 0.3) is 0 Å². The van der Waals surface area contributed by atoms with Gasteiger partial charge in [0.1, 0.15) is 12.1 Å². The molecule has 4 rings (SSSR count). The smallest absolute Gasteiger partial charge is 0.168 e. The predicted octanol–water partition coefficient (Wildman–Crippen LogP) is 3.05. The summed E-state index contributed by atoms with van der Waals surface area (Å²) in [7, 11) is 0. The molecule has 3 aromatic rings. The Bertz CT molecular complexity index is 909. The molecule has 25 heavy (non-hydrogen) atoms. The normalized spacial score (nSPS) is 21.0. The van der Waals surface area contributed by atoms with Crippen molar-refractivity contribution in [2.75, 3.05) is 18.0 Å². The lowest BCUT2D eigenvalue weighted by Gasteiger charge is -2.36. The average molecular weight is 337 g/mol. The number of morpholine rings is 1. The van der Waals surface area contributed by atoms with Crippen molar-refractivity contribution < 1.29 is 4.74 Å². The van der Waals surface area contributed by atoms with Crippen molar-refractivity contribution in [3.8, 4) is 5.69 Å². The molecule has 1 aliphatic rings. The molecule has 0 aliphatic carbocycles. The van der Waals surface area contributed by atoms with E-state index < -0.39 is 0 Å². The first-order valence-electron chi connectivity index (χ1n) is 8.69. The molecule has 1 fully saturated rings. The summed E-state index contributed by atoms with van der Waals surface area (Å²) < 4.78 is 7.76. The standard InChI is InChI=1S/C19H23N5O/c1-12-5-6-13(2)17(7-12)24-19-16(8-22-24)18(20-11-21-19)23-9-14(3)25-15(4)10-23/h5-8,11,14-15H,9-10H2,1-4H3/t14-,15-/m1/s1. The number of hydrogen-bond acceptors (Lipinski definition) is 5. The van der Waals surface area contributed by atoms with Gasteiger partial charge in [-0.25, -0.2) is 14.6 Å². The third kappa shape index (κ3) is 2.87. The molecule has 130 valence electrons. The van der Waals surface area contributed by atoms with Gasteiger partial charge in [-0.2, -0.15) is 5.10 Å². The van der Waals surface area contributed by atoms with Gasteiger partial charge in [-0.1, -0.05) is 12.1 Å². The number of ether oxygens (including phenoxy) is 1. The SMILES string of the molecule is Cc1ccc(C)c(-n2ncc3c(N4C[C@@H](C)O[C@H](C)C4)ncnc32)c1. The van der Waals surface area contributed by atoms with E-state index in [1.165, 1.54) is 11.1 Å². The van der Waals surface area contributed by atoms with E-state index in [1.54, 1.807) is 6.33 Å². The highest BCUT2D eigenvalue weighted by atomic mass is 16.5. The lowest BCUT2D eigenvalue weighted by molar-refractivity contribution is -0.00537. The zero-order valence-electron chi connectivity index (χ0n) is 15.1. The molecule has 1 saturated heterocycles. The number of aromatic nitrogens is 4. The van der Waals surface area contributed by atoms with Crippen molar-refractivity contribution in [3.05, 3.63) is 41.9 Å². The molecule has 0 radical (unpaired) electrons. The molecule has 0 amide bonds. The lowest BCUT2D eigenvalue weighted by atomic mass is 10.1. The van der Waals surface area contributed by atoms with Crippen LogP contribution < -0.4 is 4.90 Å². The van der Waals surface area contributed by atoms with Crippen LogP contribution in [0.4, 0.5) is 5.82 Å². The Morgan fingerprint density at radius 1 is 1.08 bits per heavy atom. The summed E-state index contributed by atoms with van der Waals surface area (Å²) in [4.78, 5) is 11.3. The highest BCUT2D eigenvalue weighted by molar-refractivity contribution is 5.87. The van der Waals surface area contributed by atoms with Crippen LogP contribution >= 0.6 is 0 Å². The van der Waals surface area contributed by atoms with Crippen LogP contribution in [-0.4, -0.2) is 45.0 Å². The molecule has 1 aromatic carbocycles. The number of fused-ring (bicyclic) bond motifs is 1. The molecule has 0 spiro atoms. The van der Waals surface area contributed by atoms with E-state index in [2.05, 4.69) is 65.9 Å². The number of aryl methyl sites for hydroxylation is 2. The minimum Gasteiger partial charge on any atom is -0.372 e. The fourth-order valence-corrected chi connectivity index (χ4v) is 3.56. The maximum Gasteiger partial charge on any atom is 0.168 e. The Kier molecular flexibility index (Phi) is 3.92. The van der Waals surface area contributed by atoms with Gasteiger partial charge in [-0.05, 0) is 44.9 Å². The molecule has 1 aliphatic heterocycles. The van der Waals surface area contributed by atoms with E-state index in [9.17, 15) is 0 Å². The zero-order chi connectivity index (χ0) is 17.6. The van der Waals surface area contributed by atoms with Gasteiger partial charge in [-0.15, -0.1) is 0 Å². The van der Waals surface area contributed by atoms with Crippen molar-refractivity contribution in [2.24, 2.45) is 0 Å². The maximum atomic E-state index is 5.85. The van der Waals surface area contributed by atoms with Gasteiger partial charge in [0.05, 0.1) is 29.5 Å². The summed E-state index contributed by atoms with van der Waals surface area (Å²) in [5.41, 5.74) is 4.27. The largest absolute Gasteiger partial charge is 0.372 e. The van der Waals surface area contributed by atoms with E-state index in [0.29, 0.717) is 0 Å². The van der Waals surface area contributed by atoms with Gasteiger partial charge in [0, 0.05) is 13.1 Å². The Labute approximate surface area is 147 Å². The van der Waals surface area contributed by atoms with Crippen LogP contribution in [0.2, 0.25) is 0 Å². The number of nitrogens with zero attached hydrogens (tertiary/aromatic N) is 5. The lowest BCUT2D eigenvalue weighted by Crippen LogP contribution is -2.45. The van der Waals surface area contributed by atoms with Crippen molar-refractivity contribution in [2.45, 2.75) is 39.9 Å². The molecule has 6 nitrogen and oxygen atoms in total. The van der Waals surface area contributed by atoms with Crippen molar-refractivity contribution in [1.29, 1.82) is 0 Å². The minimum absolute atomic E-state index is 0.183. The molecular formula is C19H23N5O. The van der Waals surface area contributed by atoms with Crippen LogP contribution in [0.3, 0.4) is 0 Å². The van der Waals surface area contributed by atoms with E-state index in [4.69, 9.17) is 4.74 Å². The number of hydrogen-bond donors (Lipinski definition) is 0. The molecule has 3 heterocycles. The van der Waals surface area contributed by atoms with Gasteiger partial charge in [0.15, 0.2) is 5.65 Å². The Hall–Kier alpha value is -2.47. The summed E-state index contributed by atoms with van der Waals surface area (Å²) in [6.45, 7) is 10.0. The van der Waals surface area contributed by atoms with Gasteiger partial charge < -0.3 is 9.64 Å². The minimum atomic E-state index is 0.183. The summed E-state index contributed by atoms with van der Waals surface area (Å²) in [6, 6.07) is 6.37. The number of rotatable bonds is 2. The van der Waals surface area contributed by atoms with E-state index in [0.717, 1.165) is 35.6 Å². The third-order valence-electron chi connectivity index (χ3n) is 4.66. The number of benzene rings is 1. The summed E-state index contributed by atoms with van der Waals surface area (Å²) >= 11 is 0. The third-order valence-corrected chi connectivity index (χ3v) is 4.66. The molecular weight excluding hydrogens is 314 g/mol. The number of anilines is 1. The summed E-state index contributed by atoms with van der Waals surface area (Å²) in [6.07, 6.45) is 3.87. The fraction of sp³-hybridized carbons (Fsp3) is 0.421. The average Bonchev–Trinajstić information content (AvgIpc) is 3.00. The Morgan fingerprint density at radius 3 is 2.60 bits per heavy atom. The highest BCUT2D eigenvalue weighted by Crippen LogP contribution is 2.28. The van der Waals surface area contributed by atoms with Crippen LogP contribution in [0.15, 0.2) is 30.7 Å². The van der Waals surface area contributed by atoms with Crippen molar-refractivity contribution in [3.63, 3.8) is 0 Å². The summed E-state index contributed by atoms with van der Waals surface area (Å²) in [5.74, 6) is 0.934. The topological polar surface area (TPSA) is 56.1 Å². The second-order valence-electron chi connectivity index (χ2n) is 6.94. The zero-order valence-corrected chi connectivity index (χ0v) is 15.1. The molecule has 2 atom stereocenters. The van der Waals surface area contributed by atoms with Crippen LogP contribution in [0.1, 0.15) is 25.0 Å². The first-order valence-corrected chi connectivity index (χ1v) is 8.69. The van der Waals surface area contributed by atoms with Crippen molar-refractivity contribution >= 4 is 16.9 Å². The molecule has 2 aromatic heterocycles. The van der Waals surface area contributed by atoms with Gasteiger partial charge >= 0.3 is 0 Å². The first-order chi connectivity index (χ1) is 12.0. The monoisotopic (exact) mass is 337 g/mol. The molecule has 0 N–H and O–H groups in total. The van der Waals surface area contributed by atoms with Crippen LogP contribution in [0.5, 0.6) is 0 Å². The highest BCUT2D eigenvalue weighted by Gasteiger charge is 2.25. The Balaban J connectivity index is 1.82. The van der Waals surface area contributed by atoms with E-state index in [-0.39, 0.29) is 12.2 Å². The van der Waals surface area contributed by atoms with Gasteiger partial charge in [-0.3, -0.25) is 0 Å². The van der Waals surface area contributed by atoms with Crippen molar-refractivity contribution in [1.82, 2.24) is 19.7 Å². The van der Waals surface area contributed by atoms with Crippen LogP contribution in [-0.2, 0) is 4.74 Å². The van der Waals surface area contributed by atoms with Crippen LogP contribution in [0, 0.1) is 13.8 Å². The quantitative estimate of drug-likeness (QED) is 0.719. The first kappa shape index (κ1) is 16.0. The predicted molar refractivity (Wildman–Crippen MR) is 98.4 cm³/mol. The Morgan fingerprint density at radius 2 is 1.84 bits per heavy atom. The second-order valence-corrected chi connectivity index (χ2v) is 6.94. The maximum absolute atomic E-state index is 5.85. The second kappa shape index (κ2) is 6.11. The molecule has 6 heteroatoms. The summed E-state index contributed by atoms with van der Waals surface area (Å²) in [5, 5.41) is 5.59. The molecule has 0 unspecified atom stereocenters. The van der Waals surface area contributed by atoms with E-state index >= 15 is 0 Å². The fourth-order valence-electron chi connectivity index (χ4n) is 3.56. The molecule has 0 bridgehead atoms. The van der Waals surface area contributed by atoms with Gasteiger partial charge in [0.2, 0.25) is 0 Å². The van der Waals surface area contributed by atoms with Crippen LogP contribution in [0.25, 0.3) is 16.7 Å².